The van der Waals surface area contributed by atoms with Gasteiger partial charge in [-0.1, -0.05) is 38.2 Å². The molecule has 3 aliphatic carbocycles. The highest BCUT2D eigenvalue weighted by Gasteiger charge is 2.51. The largest absolute Gasteiger partial charge is 0.393 e. The van der Waals surface area contributed by atoms with E-state index in [9.17, 15) is 19.0 Å². The number of alkyl halides is 2. The highest BCUT2D eigenvalue weighted by atomic mass is 19.3. The average molecular weight is 464 g/mol. The molecular weight excluding hydrogens is 420 g/mol. The van der Waals surface area contributed by atoms with Crippen LogP contribution in [0, 0.1) is 29.1 Å². The molecule has 7 atom stereocenters. The lowest BCUT2D eigenvalue weighted by Crippen LogP contribution is -2.40. The Labute approximate surface area is 198 Å². The van der Waals surface area contributed by atoms with Crippen molar-refractivity contribution in [1.82, 2.24) is 4.90 Å². The summed E-state index contributed by atoms with van der Waals surface area (Å²) in [6.45, 7) is 12.2. The van der Waals surface area contributed by atoms with Gasteiger partial charge in [-0.05, 0) is 92.7 Å². The molecule has 0 spiro atoms. The zero-order valence-electron chi connectivity index (χ0n) is 20.7. The first-order chi connectivity index (χ1) is 15.5. The third-order valence-corrected chi connectivity index (χ3v) is 9.52. The van der Waals surface area contributed by atoms with Gasteiger partial charge in [0.15, 0.2) is 0 Å². The number of hydrogen-bond acceptors (Lipinski definition) is 3. The van der Waals surface area contributed by atoms with Crippen molar-refractivity contribution in [3.8, 4) is 0 Å². The van der Waals surface area contributed by atoms with Gasteiger partial charge in [0.25, 0.3) is 0 Å². The maximum atomic E-state index is 13.8. The molecule has 0 bridgehead atoms. The Balaban J connectivity index is 1.44. The van der Waals surface area contributed by atoms with E-state index in [1.165, 1.54) is 31.3 Å². The van der Waals surface area contributed by atoms with Crippen molar-refractivity contribution >= 4 is 0 Å². The van der Waals surface area contributed by atoms with E-state index in [2.05, 4.69) is 37.5 Å². The minimum Gasteiger partial charge on any atom is -0.393 e. The Hall–Kier alpha value is -1.04. The van der Waals surface area contributed by atoms with E-state index >= 15 is 0 Å². The summed E-state index contributed by atoms with van der Waals surface area (Å²) >= 11 is 0. The van der Waals surface area contributed by atoms with Crippen LogP contribution >= 0.6 is 0 Å². The molecule has 1 heterocycles. The molecule has 4 rings (SSSR count). The van der Waals surface area contributed by atoms with Crippen LogP contribution in [0.25, 0.3) is 0 Å². The normalized spacial score (nSPS) is 41.7. The fourth-order valence-electron chi connectivity index (χ4n) is 7.63. The summed E-state index contributed by atoms with van der Waals surface area (Å²) in [4.78, 5) is 2.28. The van der Waals surface area contributed by atoms with Gasteiger partial charge < -0.3 is 15.1 Å². The zero-order valence-corrected chi connectivity index (χ0v) is 20.7. The minimum atomic E-state index is -2.57. The number of fused-ring (bicyclic) bond motifs is 1. The fourth-order valence-corrected chi connectivity index (χ4v) is 7.63. The zero-order chi connectivity index (χ0) is 24.0. The van der Waals surface area contributed by atoms with Gasteiger partial charge in [-0.3, -0.25) is 0 Å². The molecule has 4 aliphatic rings. The Morgan fingerprint density at radius 2 is 2.00 bits per heavy atom. The molecule has 3 nitrogen and oxygen atoms in total. The molecule has 0 aromatic carbocycles. The van der Waals surface area contributed by atoms with Crippen LogP contribution in [-0.4, -0.2) is 52.9 Å². The van der Waals surface area contributed by atoms with Gasteiger partial charge in [0.1, 0.15) is 0 Å². The Morgan fingerprint density at radius 3 is 2.70 bits per heavy atom. The van der Waals surface area contributed by atoms with Gasteiger partial charge in [-0.2, -0.15) is 0 Å². The van der Waals surface area contributed by atoms with Crippen LogP contribution in [0.3, 0.4) is 0 Å². The number of allylic oxidation sites excluding steroid dienone is 3. The van der Waals surface area contributed by atoms with Gasteiger partial charge in [0, 0.05) is 25.4 Å². The van der Waals surface area contributed by atoms with Gasteiger partial charge in [-0.15, -0.1) is 0 Å². The van der Waals surface area contributed by atoms with E-state index in [4.69, 9.17) is 0 Å². The first-order valence-corrected chi connectivity index (χ1v) is 13.0. The fraction of sp³-hybridized carbons (Fsp3) is 0.786. The summed E-state index contributed by atoms with van der Waals surface area (Å²) in [5, 5.41) is 20.2. The highest BCUT2D eigenvalue weighted by Crippen LogP contribution is 2.59. The molecule has 1 saturated heterocycles. The van der Waals surface area contributed by atoms with Crippen molar-refractivity contribution in [1.29, 1.82) is 0 Å². The van der Waals surface area contributed by atoms with E-state index in [0.29, 0.717) is 43.6 Å². The van der Waals surface area contributed by atoms with Crippen molar-refractivity contribution in [2.75, 3.05) is 19.6 Å². The Kier molecular flexibility index (Phi) is 7.25. The summed E-state index contributed by atoms with van der Waals surface area (Å²) in [7, 11) is 0. The lowest BCUT2D eigenvalue weighted by atomic mass is 9.61. The first kappa shape index (κ1) is 25.1. The molecule has 0 unspecified atom stereocenters. The standard InChI is InChI=1S/C28H43F2NO2/c1-18(16-31-13-11-22(17-31)28(4,29)30)24-9-10-25-20(6-5-12-27(24,25)3)7-8-21-14-23(32)15-26(33)19(21)2/h7-8,18,22-26,32-33H,2,5-6,9-17H2,1,3-4H3/b20-7+,21-8-/t18-,22+,23-,24-,25+,26+,27-/m1/s1. The summed E-state index contributed by atoms with van der Waals surface area (Å²) in [5.41, 5.74) is 3.48. The molecule has 0 aromatic heterocycles. The first-order valence-electron chi connectivity index (χ1n) is 13.0. The quantitative estimate of drug-likeness (QED) is 0.546. The summed E-state index contributed by atoms with van der Waals surface area (Å²) in [6, 6.07) is 0. The molecule has 33 heavy (non-hydrogen) atoms. The maximum absolute atomic E-state index is 13.8. The second kappa shape index (κ2) is 9.54. The molecule has 2 N–H and O–H groups in total. The molecule has 0 amide bonds. The number of likely N-dealkylation sites (tertiary alicyclic amines) is 1. The van der Waals surface area contributed by atoms with Crippen LogP contribution in [0.1, 0.15) is 72.1 Å². The van der Waals surface area contributed by atoms with E-state index < -0.39 is 24.0 Å². The van der Waals surface area contributed by atoms with Crippen LogP contribution in [0.2, 0.25) is 0 Å². The molecular formula is C28H43F2NO2. The van der Waals surface area contributed by atoms with Crippen LogP contribution in [0.15, 0.2) is 35.5 Å². The molecule has 1 aliphatic heterocycles. The van der Waals surface area contributed by atoms with Crippen LogP contribution in [0.4, 0.5) is 8.78 Å². The second-order valence-electron chi connectivity index (χ2n) is 11.8. The highest BCUT2D eigenvalue weighted by molar-refractivity contribution is 5.38. The number of nitrogens with zero attached hydrogens (tertiary/aromatic N) is 1. The predicted octanol–water partition coefficient (Wildman–Crippen LogP) is 5.74. The summed E-state index contributed by atoms with van der Waals surface area (Å²) < 4.78 is 27.5. The summed E-state index contributed by atoms with van der Waals surface area (Å²) in [5.74, 6) is -1.39. The van der Waals surface area contributed by atoms with Gasteiger partial charge in [0.2, 0.25) is 5.92 Å². The molecule has 5 heteroatoms. The topological polar surface area (TPSA) is 43.7 Å². The SMILES string of the molecule is C=C1/C(=C\C=C2/CCC[C@]3(C)[C@@H]([C@H](C)CN4CC[C@H](C(C)(F)F)C4)CC[C@@H]23)C[C@@H](O)C[C@@H]1O. The molecule has 4 fully saturated rings. The minimum absolute atomic E-state index is 0.262. The van der Waals surface area contributed by atoms with E-state index in [1.807, 2.05) is 0 Å². The van der Waals surface area contributed by atoms with Crippen molar-refractivity contribution in [2.24, 2.45) is 29.1 Å². The number of halogens is 2. The Bertz CT molecular complexity index is 800. The third-order valence-electron chi connectivity index (χ3n) is 9.52. The van der Waals surface area contributed by atoms with Crippen molar-refractivity contribution in [2.45, 2.75) is 90.3 Å². The molecule has 0 radical (unpaired) electrons. The number of hydrogen-bond donors (Lipinski definition) is 2. The summed E-state index contributed by atoms with van der Waals surface area (Å²) in [6.07, 6.45) is 10.7. The average Bonchev–Trinajstić information content (AvgIpc) is 3.33. The Morgan fingerprint density at radius 1 is 1.24 bits per heavy atom. The van der Waals surface area contributed by atoms with E-state index in [-0.39, 0.29) is 5.41 Å². The van der Waals surface area contributed by atoms with Gasteiger partial charge in [-0.25, -0.2) is 8.78 Å². The van der Waals surface area contributed by atoms with Gasteiger partial charge >= 0.3 is 0 Å². The second-order valence-corrected chi connectivity index (χ2v) is 11.8. The number of aliphatic hydroxyl groups is 2. The van der Waals surface area contributed by atoms with E-state index in [0.717, 1.165) is 37.6 Å². The number of rotatable bonds is 5. The molecule has 3 saturated carbocycles. The maximum Gasteiger partial charge on any atom is 0.249 e. The number of aliphatic hydroxyl groups excluding tert-OH is 2. The van der Waals surface area contributed by atoms with Crippen LogP contribution in [-0.2, 0) is 0 Å². The third kappa shape index (κ3) is 5.16. The molecule has 0 aromatic rings. The lowest BCUT2D eigenvalue weighted by Gasteiger charge is -2.45. The monoisotopic (exact) mass is 463 g/mol. The smallest absolute Gasteiger partial charge is 0.249 e. The lowest BCUT2D eigenvalue weighted by molar-refractivity contribution is -0.0360. The van der Waals surface area contributed by atoms with Gasteiger partial charge in [0.05, 0.1) is 12.2 Å². The van der Waals surface area contributed by atoms with Crippen molar-refractivity contribution in [3.05, 3.63) is 35.5 Å². The predicted molar refractivity (Wildman–Crippen MR) is 129 cm³/mol. The molecule has 186 valence electrons. The van der Waals surface area contributed by atoms with Crippen LogP contribution in [0.5, 0.6) is 0 Å². The van der Waals surface area contributed by atoms with Crippen LogP contribution < -0.4 is 0 Å². The van der Waals surface area contributed by atoms with Crippen molar-refractivity contribution < 1.29 is 19.0 Å². The van der Waals surface area contributed by atoms with E-state index in [1.54, 1.807) is 0 Å². The van der Waals surface area contributed by atoms with Crippen molar-refractivity contribution in [3.63, 3.8) is 0 Å².